The van der Waals surface area contributed by atoms with Crippen molar-refractivity contribution in [3.8, 4) is 0 Å². The summed E-state index contributed by atoms with van der Waals surface area (Å²) < 4.78 is 0. The molecule has 1 saturated heterocycles. The number of rotatable bonds is 3. The van der Waals surface area contributed by atoms with E-state index in [2.05, 4.69) is 0 Å². The molecular weight excluding hydrogens is 280 g/mol. The monoisotopic (exact) mass is 300 g/mol. The second kappa shape index (κ2) is 7.78. The second-order valence-electron chi connectivity index (χ2n) is 4.61. The largest absolute Gasteiger partial charge is 0.334 e. The van der Waals surface area contributed by atoms with Crippen LogP contribution in [0.25, 0.3) is 0 Å². The Hall–Kier alpha value is -0.710. The molecule has 2 rings (SSSR count). The van der Waals surface area contributed by atoms with E-state index in [1.807, 2.05) is 35.4 Å². The van der Waals surface area contributed by atoms with Crippen LogP contribution in [0.3, 0.4) is 0 Å². The van der Waals surface area contributed by atoms with Crippen molar-refractivity contribution in [3.63, 3.8) is 0 Å². The molecule has 1 aromatic rings. The molecule has 19 heavy (non-hydrogen) atoms. The smallest absolute Gasteiger partial charge is 0.254 e. The zero-order valence-electron chi connectivity index (χ0n) is 11.2. The molecule has 1 amide bonds. The molecule has 1 aliphatic heterocycles. The number of halogens is 1. The number of piperidine rings is 1. The molecule has 0 spiro atoms. The first kappa shape index (κ1) is 16.3. The van der Waals surface area contributed by atoms with Gasteiger partial charge in [-0.1, -0.05) is 0 Å². The molecule has 5 heteroatoms. The topological polar surface area (TPSA) is 46.3 Å². The summed E-state index contributed by atoms with van der Waals surface area (Å²) in [5, 5.41) is 0. The van der Waals surface area contributed by atoms with Crippen LogP contribution in [0.2, 0.25) is 0 Å². The third kappa shape index (κ3) is 3.88. The van der Waals surface area contributed by atoms with E-state index in [-0.39, 0.29) is 24.4 Å². The third-order valence-corrected chi connectivity index (χ3v) is 4.24. The molecular formula is C14H21ClN2OS. The van der Waals surface area contributed by atoms with Gasteiger partial charge in [-0.25, -0.2) is 0 Å². The van der Waals surface area contributed by atoms with Crippen molar-refractivity contribution in [2.75, 3.05) is 19.3 Å². The number of benzene rings is 1. The highest BCUT2D eigenvalue weighted by atomic mass is 35.5. The van der Waals surface area contributed by atoms with Crippen LogP contribution in [0.15, 0.2) is 29.2 Å². The minimum Gasteiger partial charge on any atom is -0.334 e. The number of carbonyl (C=O) groups is 1. The van der Waals surface area contributed by atoms with Gasteiger partial charge < -0.3 is 10.6 Å². The van der Waals surface area contributed by atoms with Gasteiger partial charge in [0.25, 0.3) is 5.91 Å². The minimum absolute atomic E-state index is 0. The van der Waals surface area contributed by atoms with Crippen LogP contribution in [0.5, 0.6) is 0 Å². The molecule has 2 N–H and O–H groups in total. The van der Waals surface area contributed by atoms with E-state index in [0.29, 0.717) is 6.54 Å². The standard InChI is InChI=1S/C14H20N2OS.ClH/c1-18-13-7-5-11(6-8-13)14(17)16-9-3-2-4-12(16)10-15;/h5-8,12H,2-4,9-10,15H2,1H3;1H. The van der Waals surface area contributed by atoms with Gasteiger partial charge in [-0.3, -0.25) is 4.79 Å². The minimum atomic E-state index is 0. The molecule has 0 radical (unpaired) electrons. The summed E-state index contributed by atoms with van der Waals surface area (Å²) in [5.74, 6) is 0.123. The lowest BCUT2D eigenvalue weighted by atomic mass is 10.0. The van der Waals surface area contributed by atoms with Gasteiger partial charge in [0.2, 0.25) is 0 Å². The van der Waals surface area contributed by atoms with Gasteiger partial charge in [-0.05, 0) is 49.8 Å². The van der Waals surface area contributed by atoms with Gasteiger partial charge in [0, 0.05) is 29.6 Å². The van der Waals surface area contributed by atoms with Gasteiger partial charge >= 0.3 is 0 Å². The summed E-state index contributed by atoms with van der Waals surface area (Å²) in [5.41, 5.74) is 6.53. The first-order chi connectivity index (χ1) is 8.76. The molecule has 0 saturated carbocycles. The summed E-state index contributed by atoms with van der Waals surface area (Å²) in [6.07, 6.45) is 5.33. The molecule has 1 unspecified atom stereocenters. The van der Waals surface area contributed by atoms with Crippen LogP contribution < -0.4 is 5.73 Å². The number of carbonyl (C=O) groups excluding carboxylic acids is 1. The summed E-state index contributed by atoms with van der Waals surface area (Å²) in [6.45, 7) is 1.40. The fourth-order valence-corrected chi connectivity index (χ4v) is 2.82. The van der Waals surface area contributed by atoms with Crippen molar-refractivity contribution in [2.45, 2.75) is 30.2 Å². The molecule has 1 fully saturated rings. The number of likely N-dealkylation sites (tertiary alicyclic amines) is 1. The Morgan fingerprint density at radius 2 is 2.05 bits per heavy atom. The quantitative estimate of drug-likeness (QED) is 0.873. The van der Waals surface area contributed by atoms with Crippen molar-refractivity contribution in [3.05, 3.63) is 29.8 Å². The van der Waals surface area contributed by atoms with Crippen molar-refractivity contribution < 1.29 is 4.79 Å². The Morgan fingerprint density at radius 3 is 2.63 bits per heavy atom. The Kier molecular flexibility index (Phi) is 6.69. The highest BCUT2D eigenvalue weighted by molar-refractivity contribution is 7.98. The lowest BCUT2D eigenvalue weighted by molar-refractivity contribution is 0.0623. The zero-order chi connectivity index (χ0) is 13.0. The maximum Gasteiger partial charge on any atom is 0.254 e. The summed E-state index contributed by atoms with van der Waals surface area (Å²) in [7, 11) is 0. The van der Waals surface area contributed by atoms with Gasteiger partial charge in [0.1, 0.15) is 0 Å². The maximum atomic E-state index is 12.4. The number of nitrogens with zero attached hydrogens (tertiary/aromatic N) is 1. The molecule has 106 valence electrons. The summed E-state index contributed by atoms with van der Waals surface area (Å²) in [6, 6.07) is 8.04. The first-order valence-corrected chi connectivity index (χ1v) is 7.64. The first-order valence-electron chi connectivity index (χ1n) is 6.41. The Balaban J connectivity index is 0.00000180. The summed E-state index contributed by atoms with van der Waals surface area (Å²) >= 11 is 1.68. The van der Waals surface area contributed by atoms with Crippen molar-refractivity contribution in [2.24, 2.45) is 5.73 Å². The third-order valence-electron chi connectivity index (χ3n) is 3.50. The maximum absolute atomic E-state index is 12.4. The van der Waals surface area contributed by atoms with E-state index in [1.165, 1.54) is 11.3 Å². The highest BCUT2D eigenvalue weighted by Gasteiger charge is 2.26. The van der Waals surface area contributed by atoms with E-state index < -0.39 is 0 Å². The van der Waals surface area contributed by atoms with Crippen LogP contribution in [0.1, 0.15) is 29.6 Å². The molecule has 0 aliphatic carbocycles. The van der Waals surface area contributed by atoms with Gasteiger partial charge in [0.05, 0.1) is 0 Å². The second-order valence-corrected chi connectivity index (χ2v) is 5.49. The van der Waals surface area contributed by atoms with Gasteiger partial charge in [-0.15, -0.1) is 24.2 Å². The number of hydrogen-bond donors (Lipinski definition) is 1. The van der Waals surface area contributed by atoms with Crippen LogP contribution in [-0.4, -0.2) is 36.2 Å². The van der Waals surface area contributed by atoms with Gasteiger partial charge in [-0.2, -0.15) is 0 Å². The van der Waals surface area contributed by atoms with Gasteiger partial charge in [0.15, 0.2) is 0 Å². The van der Waals surface area contributed by atoms with Crippen LogP contribution in [0, 0.1) is 0 Å². The highest BCUT2D eigenvalue weighted by Crippen LogP contribution is 2.20. The number of amides is 1. The molecule has 1 heterocycles. The van der Waals surface area contributed by atoms with Crippen molar-refractivity contribution >= 4 is 30.1 Å². The van der Waals surface area contributed by atoms with E-state index >= 15 is 0 Å². The van der Waals surface area contributed by atoms with E-state index in [4.69, 9.17) is 5.73 Å². The SMILES string of the molecule is CSc1ccc(C(=O)N2CCCCC2CN)cc1.Cl. The lowest BCUT2D eigenvalue weighted by Gasteiger charge is -2.35. The van der Waals surface area contributed by atoms with Crippen LogP contribution in [0.4, 0.5) is 0 Å². The lowest BCUT2D eigenvalue weighted by Crippen LogP contribution is -2.47. The van der Waals surface area contributed by atoms with E-state index in [9.17, 15) is 4.79 Å². The van der Waals surface area contributed by atoms with Crippen molar-refractivity contribution in [1.82, 2.24) is 4.90 Å². The average Bonchev–Trinajstić information content (AvgIpc) is 2.46. The molecule has 1 atom stereocenters. The molecule has 0 aromatic heterocycles. The number of nitrogens with two attached hydrogens (primary N) is 1. The Bertz CT molecular complexity index is 410. The predicted molar refractivity (Wildman–Crippen MR) is 83.2 cm³/mol. The number of thioether (sulfide) groups is 1. The van der Waals surface area contributed by atoms with E-state index in [1.54, 1.807) is 11.8 Å². The average molecular weight is 301 g/mol. The molecule has 0 bridgehead atoms. The normalized spacial score (nSPS) is 18.8. The zero-order valence-corrected chi connectivity index (χ0v) is 12.8. The number of hydrogen-bond acceptors (Lipinski definition) is 3. The fourth-order valence-electron chi connectivity index (χ4n) is 2.41. The molecule has 1 aromatic carbocycles. The Morgan fingerprint density at radius 1 is 1.37 bits per heavy atom. The van der Waals surface area contributed by atoms with Crippen LogP contribution in [-0.2, 0) is 0 Å². The predicted octanol–water partition coefficient (Wildman–Crippen LogP) is 2.78. The Labute approximate surface area is 125 Å². The van der Waals surface area contributed by atoms with Crippen molar-refractivity contribution in [1.29, 1.82) is 0 Å². The van der Waals surface area contributed by atoms with Crippen LogP contribution >= 0.6 is 24.2 Å². The molecule has 1 aliphatic rings. The fraction of sp³-hybridized carbons (Fsp3) is 0.500. The molecule has 3 nitrogen and oxygen atoms in total. The summed E-state index contributed by atoms with van der Waals surface area (Å²) in [4.78, 5) is 15.6. The van der Waals surface area contributed by atoms with E-state index in [0.717, 1.165) is 24.9 Å².